The van der Waals surface area contributed by atoms with E-state index in [1.54, 1.807) is 6.07 Å². The maximum atomic E-state index is 13.5. The number of hydrogen-bond acceptors (Lipinski definition) is 4. The highest BCUT2D eigenvalue weighted by Gasteiger charge is 2.27. The highest BCUT2D eigenvalue weighted by molar-refractivity contribution is 6.46. The standard InChI is InChI=1S/C21H17FN4O3/c1-26-18-10-14(22)7-8-19(18)29-12-17(21(26)28)23-20(27)16-11-15(24-25-16)9-13-5-3-2-4-6-13/h2-8,10-11H,9,12H2,1H3,(H,24,25). The minimum absolute atomic E-state index is 0.0817. The molecule has 2 amide bonds. The highest BCUT2D eigenvalue weighted by atomic mass is 19.1. The Balaban J connectivity index is 1.54. The number of amides is 2. The average Bonchev–Trinajstić information content (AvgIpc) is 3.16. The maximum Gasteiger partial charge on any atom is 0.298 e. The maximum absolute atomic E-state index is 13.5. The summed E-state index contributed by atoms with van der Waals surface area (Å²) in [5, 5.41) is 6.82. The number of rotatable bonds is 3. The van der Waals surface area contributed by atoms with E-state index in [9.17, 15) is 14.0 Å². The summed E-state index contributed by atoms with van der Waals surface area (Å²) in [7, 11) is 1.47. The lowest BCUT2D eigenvalue weighted by Crippen LogP contribution is -2.34. The third kappa shape index (κ3) is 3.91. The van der Waals surface area contributed by atoms with E-state index in [1.807, 2.05) is 30.3 Å². The van der Waals surface area contributed by atoms with E-state index in [4.69, 9.17) is 4.74 Å². The summed E-state index contributed by atoms with van der Waals surface area (Å²) in [4.78, 5) is 30.3. The van der Waals surface area contributed by atoms with Crippen LogP contribution in [0.4, 0.5) is 10.1 Å². The zero-order chi connectivity index (χ0) is 20.4. The first-order valence-electron chi connectivity index (χ1n) is 8.92. The largest absolute Gasteiger partial charge is 0.485 e. The number of aromatic amines is 1. The van der Waals surface area contributed by atoms with Crippen molar-refractivity contribution in [3.05, 3.63) is 77.4 Å². The van der Waals surface area contributed by atoms with Gasteiger partial charge in [-0.2, -0.15) is 5.10 Å². The number of ether oxygens (including phenoxy) is 1. The lowest BCUT2D eigenvalue weighted by molar-refractivity contribution is -0.112. The molecule has 4 rings (SSSR count). The fourth-order valence-electron chi connectivity index (χ4n) is 3.02. The van der Waals surface area contributed by atoms with Crippen molar-refractivity contribution in [2.45, 2.75) is 6.42 Å². The van der Waals surface area contributed by atoms with E-state index in [0.29, 0.717) is 12.2 Å². The van der Waals surface area contributed by atoms with Crippen LogP contribution in [0.1, 0.15) is 21.7 Å². The number of aliphatic imine (C=N–C) groups is 1. The molecule has 0 saturated carbocycles. The molecule has 1 N–H and O–H groups in total. The van der Waals surface area contributed by atoms with Gasteiger partial charge in [-0.3, -0.25) is 14.7 Å². The molecule has 0 aliphatic carbocycles. The molecule has 2 aromatic carbocycles. The van der Waals surface area contributed by atoms with Crippen LogP contribution in [-0.2, 0) is 11.2 Å². The predicted molar refractivity (Wildman–Crippen MR) is 105 cm³/mol. The Hall–Kier alpha value is -3.81. The molecule has 1 aromatic heterocycles. The van der Waals surface area contributed by atoms with Crippen LogP contribution in [0.25, 0.3) is 0 Å². The highest BCUT2D eigenvalue weighted by Crippen LogP contribution is 2.30. The average molecular weight is 392 g/mol. The number of fused-ring (bicyclic) bond motifs is 1. The Labute approximate surface area is 165 Å². The van der Waals surface area contributed by atoms with E-state index in [1.165, 1.54) is 30.1 Å². The lowest BCUT2D eigenvalue weighted by atomic mass is 10.1. The van der Waals surface area contributed by atoms with Crippen molar-refractivity contribution in [1.82, 2.24) is 10.2 Å². The number of aromatic nitrogens is 2. The third-order valence-electron chi connectivity index (χ3n) is 4.52. The smallest absolute Gasteiger partial charge is 0.298 e. The van der Waals surface area contributed by atoms with Gasteiger partial charge in [0.1, 0.15) is 23.9 Å². The molecule has 3 aromatic rings. The Morgan fingerprint density at radius 1 is 1.24 bits per heavy atom. The van der Waals surface area contributed by atoms with Gasteiger partial charge in [0.05, 0.1) is 5.69 Å². The van der Waals surface area contributed by atoms with Crippen LogP contribution in [0.2, 0.25) is 0 Å². The van der Waals surface area contributed by atoms with Gasteiger partial charge in [0, 0.05) is 25.2 Å². The van der Waals surface area contributed by atoms with Crippen molar-refractivity contribution in [1.29, 1.82) is 0 Å². The topological polar surface area (TPSA) is 87.7 Å². The summed E-state index contributed by atoms with van der Waals surface area (Å²) in [5.41, 5.74) is 2.12. The molecule has 1 aliphatic rings. The van der Waals surface area contributed by atoms with Gasteiger partial charge in [-0.15, -0.1) is 0 Å². The van der Waals surface area contributed by atoms with E-state index in [-0.39, 0.29) is 23.7 Å². The van der Waals surface area contributed by atoms with Crippen molar-refractivity contribution in [3.8, 4) is 5.75 Å². The lowest BCUT2D eigenvalue weighted by Gasteiger charge is -2.15. The molecule has 0 saturated heterocycles. The third-order valence-corrected chi connectivity index (χ3v) is 4.52. The normalized spacial score (nSPS) is 15.0. The molecule has 0 bridgehead atoms. The molecule has 0 radical (unpaired) electrons. The minimum Gasteiger partial charge on any atom is -0.485 e. The number of nitrogens with one attached hydrogen (secondary N) is 1. The van der Waals surface area contributed by atoms with Crippen molar-refractivity contribution in [2.75, 3.05) is 18.6 Å². The van der Waals surface area contributed by atoms with Crippen LogP contribution in [0.5, 0.6) is 5.75 Å². The van der Waals surface area contributed by atoms with Gasteiger partial charge in [-0.1, -0.05) is 30.3 Å². The summed E-state index contributed by atoms with van der Waals surface area (Å²) in [6.45, 7) is -0.200. The summed E-state index contributed by atoms with van der Waals surface area (Å²) in [6.07, 6.45) is 0.587. The van der Waals surface area contributed by atoms with Gasteiger partial charge in [-0.05, 0) is 23.8 Å². The second-order valence-corrected chi connectivity index (χ2v) is 6.57. The Morgan fingerprint density at radius 3 is 2.83 bits per heavy atom. The monoisotopic (exact) mass is 392 g/mol. The van der Waals surface area contributed by atoms with Gasteiger partial charge >= 0.3 is 0 Å². The summed E-state index contributed by atoms with van der Waals surface area (Å²) >= 11 is 0. The van der Waals surface area contributed by atoms with Gasteiger partial charge in [0.15, 0.2) is 5.69 Å². The molecule has 7 nitrogen and oxygen atoms in total. The van der Waals surface area contributed by atoms with Crippen molar-refractivity contribution >= 4 is 23.2 Å². The number of nitrogens with zero attached hydrogens (tertiary/aromatic N) is 3. The molecule has 1 aliphatic heterocycles. The Kier molecular flexibility index (Phi) is 4.90. The fraction of sp³-hybridized carbons (Fsp3) is 0.143. The predicted octanol–water partition coefficient (Wildman–Crippen LogP) is 2.78. The second kappa shape index (κ2) is 7.67. The SMILES string of the molecule is CN1C(=O)C(=NC(=O)c2cc(Cc3ccccc3)[nH]n2)COc2ccc(F)cc21. The van der Waals surface area contributed by atoms with Crippen LogP contribution in [0.15, 0.2) is 59.6 Å². The van der Waals surface area contributed by atoms with E-state index < -0.39 is 17.6 Å². The first-order valence-corrected chi connectivity index (χ1v) is 8.92. The van der Waals surface area contributed by atoms with Crippen molar-refractivity contribution < 1.29 is 18.7 Å². The molecule has 2 heterocycles. The zero-order valence-electron chi connectivity index (χ0n) is 15.6. The summed E-state index contributed by atoms with van der Waals surface area (Å²) < 4.78 is 19.1. The quantitative estimate of drug-likeness (QED) is 0.743. The van der Waals surface area contributed by atoms with E-state index in [2.05, 4.69) is 15.2 Å². The number of halogens is 1. The Morgan fingerprint density at radius 2 is 2.03 bits per heavy atom. The number of hydrogen-bond donors (Lipinski definition) is 1. The molecular weight excluding hydrogens is 375 g/mol. The first kappa shape index (κ1) is 18.5. The molecule has 8 heteroatoms. The van der Waals surface area contributed by atoms with E-state index in [0.717, 1.165) is 11.3 Å². The fourth-order valence-corrected chi connectivity index (χ4v) is 3.02. The van der Waals surface area contributed by atoms with Crippen LogP contribution in [-0.4, -0.2) is 41.4 Å². The summed E-state index contributed by atoms with van der Waals surface area (Å²) in [5.74, 6) is -1.35. The number of carbonyl (C=O) groups excluding carboxylic acids is 2. The second-order valence-electron chi connectivity index (χ2n) is 6.57. The van der Waals surface area contributed by atoms with Gasteiger partial charge in [0.25, 0.3) is 11.8 Å². The van der Waals surface area contributed by atoms with Crippen molar-refractivity contribution in [2.24, 2.45) is 4.99 Å². The molecular formula is C21H17FN4O3. The molecule has 29 heavy (non-hydrogen) atoms. The number of benzene rings is 2. The molecule has 0 atom stereocenters. The molecule has 146 valence electrons. The van der Waals surface area contributed by atoms with Crippen molar-refractivity contribution in [3.63, 3.8) is 0 Å². The molecule has 0 unspecified atom stereocenters. The zero-order valence-corrected chi connectivity index (χ0v) is 15.6. The van der Waals surface area contributed by atoms with Gasteiger partial charge in [0.2, 0.25) is 0 Å². The van der Waals surface area contributed by atoms with Crippen LogP contribution in [0.3, 0.4) is 0 Å². The van der Waals surface area contributed by atoms with Gasteiger partial charge < -0.3 is 9.64 Å². The number of H-pyrrole nitrogens is 1. The number of anilines is 1. The Bertz CT molecular complexity index is 1110. The first-order chi connectivity index (χ1) is 14.0. The van der Waals surface area contributed by atoms with Crippen LogP contribution < -0.4 is 9.64 Å². The van der Waals surface area contributed by atoms with Gasteiger partial charge in [-0.25, -0.2) is 9.38 Å². The number of carbonyl (C=O) groups is 2. The molecule has 0 fully saturated rings. The van der Waals surface area contributed by atoms with E-state index >= 15 is 0 Å². The molecule has 0 spiro atoms. The van der Waals surface area contributed by atoms with Crippen LogP contribution in [0, 0.1) is 5.82 Å². The summed E-state index contributed by atoms with van der Waals surface area (Å²) in [6, 6.07) is 15.2. The minimum atomic E-state index is -0.655. The van der Waals surface area contributed by atoms with Crippen LogP contribution >= 0.6 is 0 Å².